The lowest BCUT2D eigenvalue weighted by Crippen LogP contribution is -2.08. The number of oxazole rings is 1. The Bertz CT molecular complexity index is 1300. The van der Waals surface area contributed by atoms with Crippen molar-refractivity contribution in [3.8, 4) is 11.1 Å². The Balaban J connectivity index is 1.35. The van der Waals surface area contributed by atoms with E-state index < -0.39 is 6.98 Å². The molecule has 1 aliphatic rings. The maximum atomic E-state index is 12.8. The van der Waals surface area contributed by atoms with E-state index in [1.54, 1.807) is 6.20 Å². The number of carbonyl (C=O) groups excluding carboxylic acids is 1. The predicted octanol–water partition coefficient (Wildman–Crippen LogP) is 5.10. The number of Topliss-reactive ketones (excluding diaryl/α,β-unsaturated/α-hetero) is 1. The molecule has 30 heavy (non-hydrogen) atoms. The number of fused-ring (bicyclic) bond motifs is 1. The Labute approximate surface area is 179 Å². The van der Waals surface area contributed by atoms with Gasteiger partial charge in [0.1, 0.15) is 12.0 Å². The van der Waals surface area contributed by atoms with E-state index in [9.17, 15) is 4.79 Å². The highest BCUT2D eigenvalue weighted by molar-refractivity contribution is 5.96. The molecule has 152 valence electrons. The topological polar surface area (TPSA) is 73.8 Å². The van der Waals surface area contributed by atoms with Gasteiger partial charge in [0, 0.05) is 46.0 Å². The first-order valence-electron chi connectivity index (χ1n) is 11.8. The Hall–Kier alpha value is -3.28. The monoisotopic (exact) mass is 403 g/mol. The van der Waals surface area contributed by atoms with Crippen molar-refractivity contribution >= 4 is 16.6 Å². The summed E-state index contributed by atoms with van der Waals surface area (Å²) >= 11 is 0. The first kappa shape index (κ1) is 15.5. The summed E-state index contributed by atoms with van der Waals surface area (Å²) in [6.45, 7) is -2.31. The van der Waals surface area contributed by atoms with E-state index in [1.807, 2.05) is 24.3 Å². The molecular weight excluding hydrogens is 376 g/mol. The third-order valence-corrected chi connectivity index (χ3v) is 5.80. The summed E-state index contributed by atoms with van der Waals surface area (Å²) in [7, 11) is 0. The Morgan fingerprint density at radius 2 is 2.07 bits per heavy atom. The van der Waals surface area contributed by atoms with Gasteiger partial charge in [0.15, 0.2) is 11.7 Å². The van der Waals surface area contributed by atoms with Gasteiger partial charge in [0.2, 0.25) is 0 Å². The van der Waals surface area contributed by atoms with Gasteiger partial charge in [-0.25, -0.2) is 4.98 Å². The molecule has 6 heteroatoms. The zero-order valence-electron chi connectivity index (χ0n) is 19.5. The van der Waals surface area contributed by atoms with E-state index in [2.05, 4.69) is 15.1 Å². The third-order valence-electron chi connectivity index (χ3n) is 5.80. The lowest BCUT2D eigenvalue weighted by Gasteiger charge is -2.17. The van der Waals surface area contributed by atoms with Gasteiger partial charge in [-0.15, -0.1) is 0 Å². The van der Waals surface area contributed by atoms with Crippen molar-refractivity contribution in [2.45, 2.75) is 44.4 Å². The molecule has 0 aliphatic heterocycles. The normalized spacial score (nSPS) is 16.9. The highest BCUT2D eigenvalue weighted by atomic mass is 16.3. The van der Waals surface area contributed by atoms with Crippen LogP contribution in [0.25, 0.3) is 21.9 Å². The van der Waals surface area contributed by atoms with Crippen LogP contribution >= 0.6 is 0 Å². The van der Waals surface area contributed by atoms with Gasteiger partial charge in [-0.3, -0.25) is 14.5 Å². The van der Waals surface area contributed by atoms with Crippen molar-refractivity contribution in [1.29, 1.82) is 0 Å². The highest BCUT2D eigenvalue weighted by Gasteiger charge is 2.22. The minimum atomic E-state index is -2.31. The summed E-state index contributed by atoms with van der Waals surface area (Å²) in [4.78, 5) is 21.7. The highest BCUT2D eigenvalue weighted by Crippen LogP contribution is 2.32. The molecule has 6 nitrogen and oxygen atoms in total. The van der Waals surface area contributed by atoms with Gasteiger partial charge in [-0.1, -0.05) is 31.4 Å². The van der Waals surface area contributed by atoms with Gasteiger partial charge in [0.05, 0.1) is 12.6 Å². The van der Waals surface area contributed by atoms with Crippen LogP contribution in [0.5, 0.6) is 0 Å². The van der Waals surface area contributed by atoms with E-state index in [1.165, 1.54) is 37.9 Å². The molecule has 3 heterocycles. The summed E-state index contributed by atoms with van der Waals surface area (Å²) < 4.78 is 29.1. The van der Waals surface area contributed by atoms with Crippen LogP contribution in [0.3, 0.4) is 0 Å². The average Bonchev–Trinajstić information content (AvgIpc) is 3.49. The molecule has 0 unspecified atom stereocenters. The molecule has 0 N–H and O–H groups in total. The number of benzene rings is 1. The average molecular weight is 404 g/mol. The zero-order chi connectivity index (χ0) is 23.0. The number of ketones is 1. The summed E-state index contributed by atoms with van der Waals surface area (Å²) in [5.41, 5.74) is 2.55. The van der Waals surface area contributed by atoms with E-state index in [-0.39, 0.29) is 12.2 Å². The fraction of sp³-hybridized carbons (Fsp3) is 0.333. The number of rotatable bonds is 5. The van der Waals surface area contributed by atoms with Crippen LogP contribution in [0.1, 0.15) is 64.2 Å². The van der Waals surface area contributed by atoms with Crippen LogP contribution in [0, 0.1) is 0 Å². The fourth-order valence-electron chi connectivity index (χ4n) is 4.14. The van der Waals surface area contributed by atoms with Crippen LogP contribution in [0.15, 0.2) is 53.5 Å². The van der Waals surface area contributed by atoms with Crippen LogP contribution in [0.2, 0.25) is 0 Å². The second-order valence-electron chi connectivity index (χ2n) is 7.92. The van der Waals surface area contributed by atoms with Crippen LogP contribution in [0.4, 0.5) is 0 Å². The maximum Gasteiger partial charge on any atom is 0.197 e. The van der Waals surface area contributed by atoms with E-state index in [4.69, 9.17) is 8.53 Å². The molecule has 0 atom stereocenters. The van der Waals surface area contributed by atoms with Crippen LogP contribution < -0.4 is 0 Å². The van der Waals surface area contributed by atoms with E-state index in [0.717, 1.165) is 33.9 Å². The fourth-order valence-corrected chi connectivity index (χ4v) is 4.14. The molecule has 5 rings (SSSR count). The molecule has 0 amide bonds. The molecule has 4 aromatic rings. The molecule has 0 bridgehead atoms. The molecular formula is C24H24N4O2. The van der Waals surface area contributed by atoms with Gasteiger partial charge in [-0.2, -0.15) is 5.10 Å². The second-order valence-corrected chi connectivity index (χ2v) is 7.92. The van der Waals surface area contributed by atoms with Crippen molar-refractivity contribution in [1.82, 2.24) is 19.7 Å². The standard InChI is InChI=1S/C24H24N4O2/c1-28-14-20(13-26-28)17-7-8-18-12-25-21(10-19(18)9-17)11-23(29)22-15-30-24(27-22)16-5-3-2-4-6-16/h7-10,12-16H,2-6,11H2,1H3/i1D3. The Morgan fingerprint density at radius 1 is 1.17 bits per heavy atom. The number of pyridine rings is 1. The summed E-state index contributed by atoms with van der Waals surface area (Å²) in [5.74, 6) is 0.863. The van der Waals surface area contributed by atoms with E-state index in [0.29, 0.717) is 28.8 Å². The smallest absolute Gasteiger partial charge is 0.197 e. The minimum Gasteiger partial charge on any atom is -0.448 e. The zero-order valence-corrected chi connectivity index (χ0v) is 16.5. The third kappa shape index (κ3) is 3.77. The first-order valence-corrected chi connectivity index (χ1v) is 10.3. The number of hydrogen-bond donors (Lipinski definition) is 0. The number of carbonyl (C=O) groups is 1. The molecule has 0 saturated heterocycles. The Morgan fingerprint density at radius 3 is 2.90 bits per heavy atom. The summed E-state index contributed by atoms with van der Waals surface area (Å²) in [6.07, 6.45) is 12.1. The molecule has 3 aromatic heterocycles. The van der Waals surface area contributed by atoms with Crippen molar-refractivity contribution < 1.29 is 13.3 Å². The first-order chi connectivity index (χ1) is 15.9. The molecule has 1 aliphatic carbocycles. The number of aromatic nitrogens is 4. The number of aryl methyl sites for hydroxylation is 1. The van der Waals surface area contributed by atoms with Crippen molar-refractivity contribution in [2.24, 2.45) is 6.98 Å². The van der Waals surface area contributed by atoms with Crippen LogP contribution in [-0.2, 0) is 13.4 Å². The van der Waals surface area contributed by atoms with Gasteiger partial charge in [-0.05, 0) is 35.9 Å². The molecule has 0 spiro atoms. The SMILES string of the molecule is [2H]C([2H])([2H])n1cc(-c2ccc3cnc(CC(=O)c4coc(C5CCCCC5)n4)cc3c2)cn1. The minimum absolute atomic E-state index is 0.122. The van der Waals surface area contributed by atoms with Gasteiger partial charge in [0.25, 0.3) is 0 Å². The van der Waals surface area contributed by atoms with Gasteiger partial charge >= 0.3 is 0 Å². The Kier molecular flexibility index (Phi) is 4.07. The van der Waals surface area contributed by atoms with Crippen molar-refractivity contribution in [2.75, 3.05) is 0 Å². The quantitative estimate of drug-likeness (QED) is 0.434. The second kappa shape index (κ2) is 7.86. The maximum absolute atomic E-state index is 12.8. The number of hydrogen-bond acceptors (Lipinski definition) is 5. The predicted molar refractivity (Wildman–Crippen MR) is 114 cm³/mol. The van der Waals surface area contributed by atoms with E-state index >= 15 is 0 Å². The molecule has 1 fully saturated rings. The van der Waals surface area contributed by atoms with Crippen molar-refractivity contribution in [3.63, 3.8) is 0 Å². The van der Waals surface area contributed by atoms with Crippen LogP contribution in [-0.4, -0.2) is 25.5 Å². The summed E-state index contributed by atoms with van der Waals surface area (Å²) in [6, 6.07) is 7.65. The largest absolute Gasteiger partial charge is 0.448 e. The molecule has 0 radical (unpaired) electrons. The molecule has 1 aromatic carbocycles. The van der Waals surface area contributed by atoms with Gasteiger partial charge < -0.3 is 4.42 Å². The molecule has 1 saturated carbocycles. The summed E-state index contributed by atoms with van der Waals surface area (Å²) in [5, 5.41) is 5.79. The van der Waals surface area contributed by atoms with Crippen molar-refractivity contribution in [3.05, 3.63) is 66.4 Å². The lowest BCUT2D eigenvalue weighted by atomic mass is 9.89. The lowest BCUT2D eigenvalue weighted by molar-refractivity contribution is 0.0987. The number of nitrogens with zero attached hydrogens (tertiary/aromatic N) is 4.